The Bertz CT molecular complexity index is 993. The second-order valence-electron chi connectivity index (χ2n) is 10.5. The lowest BCUT2D eigenvalue weighted by molar-refractivity contribution is -0.115. The van der Waals surface area contributed by atoms with E-state index in [4.69, 9.17) is 0 Å². The van der Waals surface area contributed by atoms with Crippen LogP contribution in [0, 0.1) is 12.3 Å². The lowest BCUT2D eigenvalue weighted by atomic mass is 9.84. The van der Waals surface area contributed by atoms with Crippen molar-refractivity contribution in [1.29, 1.82) is 0 Å². The maximum atomic E-state index is 13.0. The number of amides is 1. The Balaban J connectivity index is 1.93. The molecule has 0 bridgehead atoms. The quantitative estimate of drug-likeness (QED) is 0.585. The van der Waals surface area contributed by atoms with Crippen LogP contribution in [0.4, 0.5) is 18.9 Å². The van der Waals surface area contributed by atoms with Crippen molar-refractivity contribution >= 4 is 32.0 Å². The standard InChI is InChI=1S/C24H34F3N3OSi/c1-15-10-19(21(31)29-13-23(5)6-8-32-9-7-23)30-20-17(15)11-16(28-14-24(25,26)27)12-18(20)22(2,3)4/h10-12,28H,6-9,13-14,32H2,1-5H3,(H,29,31). The molecule has 1 aliphatic rings. The number of fused-ring (bicyclic) bond motifs is 1. The van der Waals surface area contributed by atoms with Crippen molar-refractivity contribution in [2.75, 3.05) is 18.4 Å². The molecular weight excluding hydrogens is 431 g/mol. The van der Waals surface area contributed by atoms with Crippen LogP contribution in [-0.4, -0.2) is 39.7 Å². The number of pyridine rings is 1. The number of hydrogen-bond donors (Lipinski definition) is 2. The van der Waals surface area contributed by atoms with E-state index in [1.54, 1.807) is 18.2 Å². The first kappa shape index (κ1) is 24.5. The molecule has 1 aliphatic heterocycles. The number of anilines is 1. The number of carbonyl (C=O) groups excluding carboxylic acids is 1. The summed E-state index contributed by atoms with van der Waals surface area (Å²) in [5.74, 6) is -0.196. The van der Waals surface area contributed by atoms with E-state index in [-0.39, 0.29) is 26.3 Å². The first-order valence-corrected chi connectivity index (χ1v) is 13.3. The van der Waals surface area contributed by atoms with E-state index >= 15 is 0 Å². The lowest BCUT2D eigenvalue weighted by Crippen LogP contribution is -2.38. The van der Waals surface area contributed by atoms with Crippen LogP contribution in [0.2, 0.25) is 12.1 Å². The number of aryl methyl sites for hydroxylation is 1. The van der Waals surface area contributed by atoms with Gasteiger partial charge in [0, 0.05) is 27.1 Å². The Morgan fingerprint density at radius 1 is 1.16 bits per heavy atom. The summed E-state index contributed by atoms with van der Waals surface area (Å²) >= 11 is 0. The highest BCUT2D eigenvalue weighted by molar-refractivity contribution is 6.35. The van der Waals surface area contributed by atoms with Crippen LogP contribution in [0.3, 0.4) is 0 Å². The normalized spacial score (nSPS) is 20.5. The fourth-order valence-corrected chi connectivity index (χ4v) is 7.01. The van der Waals surface area contributed by atoms with E-state index in [0.717, 1.165) is 16.5 Å². The van der Waals surface area contributed by atoms with E-state index < -0.39 is 12.7 Å². The number of carbonyl (C=O) groups is 1. The molecule has 0 saturated carbocycles. The monoisotopic (exact) mass is 465 g/mol. The molecule has 2 heterocycles. The summed E-state index contributed by atoms with van der Waals surface area (Å²) in [6.45, 7) is 9.63. The summed E-state index contributed by atoms with van der Waals surface area (Å²) in [5.41, 5.74) is 2.83. The van der Waals surface area contributed by atoms with Gasteiger partial charge < -0.3 is 10.6 Å². The second kappa shape index (κ2) is 9.04. The zero-order valence-electron chi connectivity index (χ0n) is 19.7. The Labute approximate surface area is 190 Å². The zero-order chi connectivity index (χ0) is 23.7. The summed E-state index contributed by atoms with van der Waals surface area (Å²) in [7, 11) is 0.0977. The molecule has 1 aromatic carbocycles. The number of rotatable bonds is 5. The van der Waals surface area contributed by atoms with Crippen LogP contribution in [0.25, 0.3) is 10.9 Å². The van der Waals surface area contributed by atoms with E-state index in [1.807, 2.05) is 27.7 Å². The average Bonchev–Trinajstić information content (AvgIpc) is 2.69. The summed E-state index contributed by atoms with van der Waals surface area (Å²) in [5, 5.41) is 6.32. The highest BCUT2D eigenvalue weighted by atomic mass is 28.2. The molecule has 1 aromatic heterocycles. The van der Waals surface area contributed by atoms with Crippen LogP contribution < -0.4 is 10.6 Å². The Morgan fingerprint density at radius 2 is 1.81 bits per heavy atom. The minimum Gasteiger partial charge on any atom is -0.376 e. The molecule has 0 radical (unpaired) electrons. The lowest BCUT2D eigenvalue weighted by Gasteiger charge is -2.33. The average molecular weight is 466 g/mol. The van der Waals surface area contributed by atoms with Gasteiger partial charge in [0.15, 0.2) is 0 Å². The summed E-state index contributed by atoms with van der Waals surface area (Å²) in [6.07, 6.45) is -1.96. The van der Waals surface area contributed by atoms with Gasteiger partial charge in [-0.1, -0.05) is 39.8 Å². The van der Waals surface area contributed by atoms with Crippen molar-refractivity contribution in [2.45, 2.75) is 71.1 Å². The first-order chi connectivity index (χ1) is 14.8. The van der Waals surface area contributed by atoms with Crippen molar-refractivity contribution in [3.8, 4) is 0 Å². The maximum Gasteiger partial charge on any atom is 0.405 e. The van der Waals surface area contributed by atoms with E-state index in [1.165, 1.54) is 24.9 Å². The number of nitrogens with one attached hydrogen (secondary N) is 2. The molecule has 2 aromatic rings. The Hall–Kier alpha value is -2.09. The number of benzene rings is 1. The van der Waals surface area contributed by atoms with Crippen molar-refractivity contribution < 1.29 is 18.0 Å². The van der Waals surface area contributed by atoms with Gasteiger partial charge in [-0.05, 0) is 59.9 Å². The minimum absolute atomic E-state index is 0.0977. The summed E-state index contributed by atoms with van der Waals surface area (Å²) in [6, 6.07) is 7.80. The number of halogens is 3. The van der Waals surface area contributed by atoms with Crippen LogP contribution in [0.1, 0.15) is 62.2 Å². The third-order valence-corrected chi connectivity index (χ3v) is 8.10. The second-order valence-corrected chi connectivity index (χ2v) is 12.6. The molecule has 176 valence electrons. The molecule has 32 heavy (non-hydrogen) atoms. The topological polar surface area (TPSA) is 54.0 Å². The van der Waals surface area contributed by atoms with E-state index in [0.29, 0.717) is 23.4 Å². The van der Waals surface area contributed by atoms with Crippen molar-refractivity contribution in [3.05, 3.63) is 35.0 Å². The van der Waals surface area contributed by atoms with Gasteiger partial charge in [-0.3, -0.25) is 4.79 Å². The van der Waals surface area contributed by atoms with Gasteiger partial charge in [-0.2, -0.15) is 13.2 Å². The van der Waals surface area contributed by atoms with Gasteiger partial charge in [-0.15, -0.1) is 0 Å². The van der Waals surface area contributed by atoms with Crippen LogP contribution in [0.5, 0.6) is 0 Å². The molecule has 2 N–H and O–H groups in total. The molecule has 0 unspecified atom stereocenters. The summed E-state index contributed by atoms with van der Waals surface area (Å²) < 4.78 is 38.2. The number of nitrogens with zero attached hydrogens (tertiary/aromatic N) is 1. The summed E-state index contributed by atoms with van der Waals surface area (Å²) in [4.78, 5) is 17.6. The predicted octanol–water partition coefficient (Wildman–Crippen LogP) is 5.35. The fraction of sp³-hybridized carbons (Fsp3) is 0.583. The number of alkyl halides is 3. The highest BCUT2D eigenvalue weighted by Gasteiger charge is 2.29. The van der Waals surface area contributed by atoms with Crippen LogP contribution in [-0.2, 0) is 5.41 Å². The molecule has 0 spiro atoms. The van der Waals surface area contributed by atoms with Gasteiger partial charge in [0.1, 0.15) is 12.2 Å². The van der Waals surface area contributed by atoms with E-state index in [9.17, 15) is 18.0 Å². The number of hydrogen-bond acceptors (Lipinski definition) is 3. The predicted molar refractivity (Wildman–Crippen MR) is 128 cm³/mol. The molecule has 1 fully saturated rings. The smallest absolute Gasteiger partial charge is 0.376 e. The fourth-order valence-electron chi connectivity index (χ4n) is 4.45. The number of aromatic nitrogens is 1. The van der Waals surface area contributed by atoms with Gasteiger partial charge in [0.25, 0.3) is 5.91 Å². The Kier molecular flexibility index (Phi) is 6.93. The Morgan fingerprint density at radius 3 is 2.41 bits per heavy atom. The maximum absolute atomic E-state index is 13.0. The van der Waals surface area contributed by atoms with Gasteiger partial charge in [0.2, 0.25) is 0 Å². The van der Waals surface area contributed by atoms with Crippen molar-refractivity contribution in [2.24, 2.45) is 5.41 Å². The largest absolute Gasteiger partial charge is 0.405 e. The molecule has 3 rings (SSSR count). The van der Waals surface area contributed by atoms with Crippen LogP contribution >= 0.6 is 0 Å². The van der Waals surface area contributed by atoms with Crippen molar-refractivity contribution in [3.63, 3.8) is 0 Å². The van der Waals surface area contributed by atoms with Gasteiger partial charge in [-0.25, -0.2) is 4.98 Å². The zero-order valence-corrected chi connectivity index (χ0v) is 21.1. The van der Waals surface area contributed by atoms with E-state index in [2.05, 4.69) is 22.5 Å². The van der Waals surface area contributed by atoms with Gasteiger partial charge in [0.05, 0.1) is 5.52 Å². The minimum atomic E-state index is -4.30. The SMILES string of the molecule is Cc1cc(C(=O)NCC2(C)CC[SiH2]CC2)nc2c(C(C)(C)C)cc(NCC(F)(F)F)cc12. The molecule has 1 saturated heterocycles. The third-order valence-electron chi connectivity index (χ3n) is 6.39. The van der Waals surface area contributed by atoms with Crippen LogP contribution in [0.15, 0.2) is 18.2 Å². The van der Waals surface area contributed by atoms with Crippen molar-refractivity contribution in [1.82, 2.24) is 10.3 Å². The van der Waals surface area contributed by atoms with Gasteiger partial charge >= 0.3 is 6.18 Å². The molecule has 0 aliphatic carbocycles. The molecular formula is C24H34F3N3OSi. The molecule has 0 atom stereocenters. The molecule has 4 nitrogen and oxygen atoms in total. The molecule has 8 heteroatoms. The third kappa shape index (κ3) is 6.03. The molecule has 1 amide bonds. The first-order valence-electron chi connectivity index (χ1n) is 11.3. The highest BCUT2D eigenvalue weighted by Crippen LogP contribution is 2.35.